The number of carbonyl (C=O) groups is 2. The SMILES string of the molecule is CN1CC(C(=O)NCCCOc2ccc(Cl)c(Cl)c2)=C(O)C1=O. The molecular formula is C15H16Cl2N2O4. The fourth-order valence-electron chi connectivity index (χ4n) is 2.01. The number of nitrogens with zero attached hydrogens (tertiary/aromatic N) is 1. The Morgan fingerprint density at radius 3 is 2.74 bits per heavy atom. The van der Waals surface area contributed by atoms with Gasteiger partial charge in [0.2, 0.25) is 0 Å². The molecule has 1 aliphatic rings. The monoisotopic (exact) mass is 358 g/mol. The van der Waals surface area contributed by atoms with Crippen LogP contribution in [0.15, 0.2) is 29.5 Å². The van der Waals surface area contributed by atoms with Gasteiger partial charge in [-0.1, -0.05) is 23.2 Å². The van der Waals surface area contributed by atoms with E-state index in [1.54, 1.807) is 18.2 Å². The summed E-state index contributed by atoms with van der Waals surface area (Å²) in [7, 11) is 1.52. The van der Waals surface area contributed by atoms with E-state index >= 15 is 0 Å². The van der Waals surface area contributed by atoms with Crippen LogP contribution in [-0.2, 0) is 9.59 Å². The van der Waals surface area contributed by atoms with E-state index in [1.807, 2.05) is 0 Å². The van der Waals surface area contributed by atoms with E-state index in [0.717, 1.165) is 0 Å². The molecule has 0 saturated heterocycles. The number of amides is 2. The summed E-state index contributed by atoms with van der Waals surface area (Å²) in [5, 5.41) is 13.1. The van der Waals surface area contributed by atoms with Gasteiger partial charge in [0.1, 0.15) is 5.75 Å². The van der Waals surface area contributed by atoms with E-state index in [1.165, 1.54) is 11.9 Å². The first-order valence-electron chi connectivity index (χ1n) is 6.93. The van der Waals surface area contributed by atoms with Gasteiger partial charge < -0.3 is 20.1 Å². The van der Waals surface area contributed by atoms with Gasteiger partial charge in [-0.3, -0.25) is 9.59 Å². The van der Waals surface area contributed by atoms with Gasteiger partial charge in [0.05, 0.1) is 28.8 Å². The first kappa shape index (κ1) is 17.4. The molecule has 0 atom stereocenters. The number of aliphatic hydroxyl groups excluding tert-OH is 1. The van der Waals surface area contributed by atoms with Gasteiger partial charge in [0, 0.05) is 19.7 Å². The third kappa shape index (κ3) is 4.30. The molecule has 23 heavy (non-hydrogen) atoms. The van der Waals surface area contributed by atoms with Gasteiger partial charge >= 0.3 is 0 Å². The second-order valence-corrected chi connectivity index (χ2v) is 5.84. The first-order valence-corrected chi connectivity index (χ1v) is 7.69. The third-order valence-electron chi connectivity index (χ3n) is 3.27. The van der Waals surface area contributed by atoms with Gasteiger partial charge in [-0.25, -0.2) is 0 Å². The van der Waals surface area contributed by atoms with Crippen LogP contribution in [0.3, 0.4) is 0 Å². The minimum absolute atomic E-state index is 0.0860. The summed E-state index contributed by atoms with van der Waals surface area (Å²) in [5.74, 6) is -0.890. The summed E-state index contributed by atoms with van der Waals surface area (Å²) in [6, 6.07) is 4.96. The zero-order valence-corrected chi connectivity index (χ0v) is 13.9. The highest BCUT2D eigenvalue weighted by Crippen LogP contribution is 2.26. The minimum atomic E-state index is -0.543. The molecule has 1 heterocycles. The Morgan fingerprint density at radius 2 is 2.13 bits per heavy atom. The summed E-state index contributed by atoms with van der Waals surface area (Å²) < 4.78 is 5.49. The molecule has 124 valence electrons. The van der Waals surface area contributed by atoms with Gasteiger partial charge in [-0.15, -0.1) is 0 Å². The topological polar surface area (TPSA) is 78.9 Å². The minimum Gasteiger partial charge on any atom is -0.503 e. The number of halogens is 2. The maximum absolute atomic E-state index is 11.9. The fraction of sp³-hybridized carbons (Fsp3) is 0.333. The molecule has 1 aliphatic heterocycles. The summed E-state index contributed by atoms with van der Waals surface area (Å²) in [6.07, 6.45) is 0.559. The van der Waals surface area contributed by atoms with Crippen molar-refractivity contribution in [3.05, 3.63) is 39.6 Å². The molecule has 0 spiro atoms. The van der Waals surface area contributed by atoms with Crippen molar-refractivity contribution in [1.29, 1.82) is 0 Å². The third-order valence-corrected chi connectivity index (χ3v) is 4.01. The molecule has 2 N–H and O–H groups in total. The summed E-state index contributed by atoms with van der Waals surface area (Å²) >= 11 is 11.7. The number of nitrogens with one attached hydrogen (secondary N) is 1. The maximum atomic E-state index is 11.9. The average molecular weight is 359 g/mol. The van der Waals surface area contributed by atoms with E-state index in [0.29, 0.717) is 35.4 Å². The molecule has 0 fully saturated rings. The Bertz CT molecular complexity index is 661. The number of carbonyl (C=O) groups excluding carboxylic acids is 2. The molecule has 1 aromatic rings. The number of hydrogen-bond donors (Lipinski definition) is 2. The molecule has 0 aromatic heterocycles. The number of aliphatic hydroxyl groups is 1. The van der Waals surface area contributed by atoms with E-state index in [-0.39, 0.29) is 12.1 Å². The molecule has 8 heteroatoms. The summed E-state index contributed by atoms with van der Waals surface area (Å²) in [6.45, 7) is 0.840. The highest BCUT2D eigenvalue weighted by molar-refractivity contribution is 6.42. The van der Waals surface area contributed by atoms with Gasteiger partial charge in [-0.05, 0) is 18.6 Å². The molecule has 1 aromatic carbocycles. The van der Waals surface area contributed by atoms with Crippen LogP contribution in [0.2, 0.25) is 10.0 Å². The van der Waals surface area contributed by atoms with Crippen LogP contribution in [0.4, 0.5) is 0 Å². The molecule has 6 nitrogen and oxygen atoms in total. The Balaban J connectivity index is 1.72. The predicted molar refractivity (Wildman–Crippen MR) is 86.9 cm³/mol. The molecule has 0 aliphatic carbocycles. The van der Waals surface area contributed by atoms with Crippen LogP contribution in [0.25, 0.3) is 0 Å². The number of benzene rings is 1. The standard InChI is InChI=1S/C15H16Cl2N2O4/c1-19-8-10(13(20)15(19)22)14(21)18-5-2-6-23-9-3-4-11(16)12(17)7-9/h3-4,7,20H,2,5-6,8H2,1H3,(H,18,21). The number of hydrogen-bond acceptors (Lipinski definition) is 4. The van der Waals surface area contributed by atoms with Crippen LogP contribution >= 0.6 is 23.2 Å². The van der Waals surface area contributed by atoms with Crippen molar-refractivity contribution in [2.75, 3.05) is 26.7 Å². The van der Waals surface area contributed by atoms with Gasteiger partial charge in [0.15, 0.2) is 5.76 Å². The van der Waals surface area contributed by atoms with Crippen LogP contribution in [0.5, 0.6) is 5.75 Å². The lowest BCUT2D eigenvalue weighted by Gasteiger charge is -2.09. The molecule has 0 saturated carbocycles. The Kier molecular flexibility index (Phi) is 5.74. The molecule has 0 unspecified atom stereocenters. The smallest absolute Gasteiger partial charge is 0.289 e. The summed E-state index contributed by atoms with van der Waals surface area (Å²) in [4.78, 5) is 24.6. The molecule has 0 radical (unpaired) electrons. The average Bonchev–Trinajstić information content (AvgIpc) is 2.78. The number of likely N-dealkylation sites (N-methyl/N-ethyl adjacent to an activating group) is 1. The van der Waals surface area contributed by atoms with Gasteiger partial charge in [-0.2, -0.15) is 0 Å². The Morgan fingerprint density at radius 1 is 1.39 bits per heavy atom. The second-order valence-electron chi connectivity index (χ2n) is 5.02. The number of rotatable bonds is 6. The second kappa shape index (κ2) is 7.57. The molecule has 2 amide bonds. The van der Waals surface area contributed by atoms with E-state index in [2.05, 4.69) is 5.32 Å². The van der Waals surface area contributed by atoms with Crippen molar-refractivity contribution in [1.82, 2.24) is 10.2 Å². The maximum Gasteiger partial charge on any atom is 0.289 e. The van der Waals surface area contributed by atoms with Crippen molar-refractivity contribution in [2.24, 2.45) is 0 Å². The lowest BCUT2D eigenvalue weighted by atomic mass is 10.2. The largest absolute Gasteiger partial charge is 0.503 e. The van der Waals surface area contributed by atoms with Crippen molar-refractivity contribution >= 4 is 35.0 Å². The normalized spacial score (nSPS) is 14.4. The van der Waals surface area contributed by atoms with Crippen molar-refractivity contribution in [3.63, 3.8) is 0 Å². The van der Waals surface area contributed by atoms with Crippen LogP contribution in [0.1, 0.15) is 6.42 Å². The molecular weight excluding hydrogens is 343 g/mol. The van der Waals surface area contributed by atoms with Crippen molar-refractivity contribution in [2.45, 2.75) is 6.42 Å². The van der Waals surface area contributed by atoms with Gasteiger partial charge in [0.25, 0.3) is 11.8 Å². The molecule has 2 rings (SSSR count). The highest BCUT2D eigenvalue weighted by atomic mass is 35.5. The quantitative estimate of drug-likeness (QED) is 0.763. The van der Waals surface area contributed by atoms with Crippen LogP contribution in [0, 0.1) is 0 Å². The van der Waals surface area contributed by atoms with Crippen molar-refractivity contribution in [3.8, 4) is 5.75 Å². The number of ether oxygens (including phenoxy) is 1. The lowest BCUT2D eigenvalue weighted by molar-refractivity contribution is -0.126. The first-order chi connectivity index (χ1) is 10.9. The Hall–Kier alpha value is -1.92. The van der Waals surface area contributed by atoms with Crippen LogP contribution in [-0.4, -0.2) is 48.6 Å². The highest BCUT2D eigenvalue weighted by Gasteiger charge is 2.31. The Labute approximate surface area is 143 Å². The fourth-order valence-corrected chi connectivity index (χ4v) is 2.30. The predicted octanol–water partition coefficient (Wildman–Crippen LogP) is 2.16. The summed E-state index contributed by atoms with van der Waals surface area (Å²) in [5.41, 5.74) is 0.0860. The van der Waals surface area contributed by atoms with Crippen LogP contribution < -0.4 is 10.1 Å². The zero-order valence-electron chi connectivity index (χ0n) is 12.4. The molecule has 0 bridgehead atoms. The van der Waals surface area contributed by atoms with E-state index in [9.17, 15) is 14.7 Å². The van der Waals surface area contributed by atoms with Crippen molar-refractivity contribution < 1.29 is 19.4 Å². The zero-order chi connectivity index (χ0) is 17.0. The van der Waals surface area contributed by atoms with E-state index < -0.39 is 17.6 Å². The lowest BCUT2D eigenvalue weighted by Crippen LogP contribution is -2.29. The van der Waals surface area contributed by atoms with E-state index in [4.69, 9.17) is 27.9 Å².